The van der Waals surface area contributed by atoms with Crippen LogP contribution in [0.1, 0.15) is 13.8 Å². The Morgan fingerprint density at radius 3 is 2.87 bits per heavy atom. The number of carbonyl (C=O) groups excluding carboxylic acids is 2. The third kappa shape index (κ3) is 3.39. The van der Waals surface area contributed by atoms with Crippen LogP contribution in [0.5, 0.6) is 5.75 Å². The van der Waals surface area contributed by atoms with Gasteiger partial charge in [-0.1, -0.05) is 0 Å². The highest BCUT2D eigenvalue weighted by atomic mass is 16.5. The second kappa shape index (κ2) is 6.45. The third-order valence-electron chi connectivity index (χ3n) is 3.99. The second-order valence-corrected chi connectivity index (χ2v) is 5.76. The fraction of sp³-hybridized carbons (Fsp3) is 0.500. The number of nitrogens with one attached hydrogen (secondary N) is 2. The third-order valence-corrected chi connectivity index (χ3v) is 3.99. The molecule has 0 aromatic heterocycles. The maximum absolute atomic E-state index is 12.4. The summed E-state index contributed by atoms with van der Waals surface area (Å²) >= 11 is 0. The number of anilines is 2. The molecular weight excluding hydrogens is 298 g/mol. The van der Waals surface area contributed by atoms with E-state index in [-0.39, 0.29) is 17.9 Å². The van der Waals surface area contributed by atoms with Crippen molar-refractivity contribution in [2.24, 2.45) is 0 Å². The number of hydrogen-bond donors (Lipinski definition) is 2. The van der Waals surface area contributed by atoms with Gasteiger partial charge in [-0.15, -0.1) is 0 Å². The summed E-state index contributed by atoms with van der Waals surface area (Å²) in [5.74, 6) is 0.502. The summed E-state index contributed by atoms with van der Waals surface area (Å²) in [6.07, 6.45) is -0.497. The number of carbonyl (C=O) groups is 2. The molecule has 2 amide bonds. The Kier molecular flexibility index (Phi) is 4.38. The molecule has 2 atom stereocenters. The van der Waals surface area contributed by atoms with Crippen LogP contribution in [0.15, 0.2) is 18.2 Å². The average Bonchev–Trinajstić information content (AvgIpc) is 2.56. The summed E-state index contributed by atoms with van der Waals surface area (Å²) in [5.41, 5.74) is 1.38. The van der Waals surface area contributed by atoms with Crippen molar-refractivity contribution >= 4 is 23.2 Å². The lowest BCUT2D eigenvalue weighted by Gasteiger charge is -2.30. The Hall–Kier alpha value is -2.28. The minimum absolute atomic E-state index is 0.0416. The van der Waals surface area contributed by atoms with E-state index in [0.717, 1.165) is 5.69 Å². The number of morpholine rings is 1. The van der Waals surface area contributed by atoms with E-state index in [0.29, 0.717) is 37.7 Å². The summed E-state index contributed by atoms with van der Waals surface area (Å²) in [5, 5.41) is 5.98. The fourth-order valence-electron chi connectivity index (χ4n) is 2.67. The van der Waals surface area contributed by atoms with Crippen molar-refractivity contribution in [3.63, 3.8) is 0 Å². The first-order valence-corrected chi connectivity index (χ1v) is 7.79. The van der Waals surface area contributed by atoms with Crippen molar-refractivity contribution in [2.45, 2.75) is 26.0 Å². The van der Waals surface area contributed by atoms with Gasteiger partial charge in [-0.05, 0) is 32.0 Å². The van der Waals surface area contributed by atoms with Gasteiger partial charge in [0.1, 0.15) is 11.8 Å². The smallest absolute Gasteiger partial charge is 0.265 e. The number of hydrogen-bond acceptors (Lipinski definition) is 5. The number of rotatable bonds is 3. The molecule has 2 aliphatic rings. The van der Waals surface area contributed by atoms with E-state index in [1.165, 1.54) is 0 Å². The molecule has 2 N–H and O–H groups in total. The van der Waals surface area contributed by atoms with E-state index in [1.54, 1.807) is 24.0 Å². The Bertz CT molecular complexity index is 613. The molecule has 23 heavy (non-hydrogen) atoms. The zero-order valence-electron chi connectivity index (χ0n) is 13.3. The standard InChI is InChI=1S/C16H21N3O4/c1-10(16(21)19-5-7-22-8-6-19)17-12-3-4-14-13(9-12)18-15(20)11(2)23-14/h3-4,9-11,17H,5-8H2,1-2H3,(H,18,20)/t10-,11-/m1/s1. The van der Waals surface area contributed by atoms with Gasteiger partial charge in [-0.25, -0.2) is 0 Å². The monoisotopic (exact) mass is 319 g/mol. The molecule has 0 saturated carbocycles. The van der Waals surface area contributed by atoms with Crippen LogP contribution in [0.4, 0.5) is 11.4 Å². The van der Waals surface area contributed by atoms with Crippen LogP contribution in [0, 0.1) is 0 Å². The molecule has 1 aromatic carbocycles. The van der Waals surface area contributed by atoms with E-state index < -0.39 is 6.10 Å². The zero-order chi connectivity index (χ0) is 16.4. The van der Waals surface area contributed by atoms with Crippen molar-refractivity contribution in [1.82, 2.24) is 4.90 Å². The van der Waals surface area contributed by atoms with Gasteiger partial charge in [0, 0.05) is 18.8 Å². The minimum Gasteiger partial charge on any atom is -0.479 e. The van der Waals surface area contributed by atoms with E-state index in [1.807, 2.05) is 13.0 Å². The average molecular weight is 319 g/mol. The molecule has 0 bridgehead atoms. The Morgan fingerprint density at radius 2 is 2.13 bits per heavy atom. The van der Waals surface area contributed by atoms with Crippen LogP contribution in [0.3, 0.4) is 0 Å². The molecule has 0 unspecified atom stereocenters. The van der Waals surface area contributed by atoms with Crippen molar-refractivity contribution in [3.8, 4) is 5.75 Å². The molecule has 1 fully saturated rings. The van der Waals surface area contributed by atoms with Crippen molar-refractivity contribution < 1.29 is 19.1 Å². The molecular formula is C16H21N3O4. The molecule has 7 nitrogen and oxygen atoms in total. The van der Waals surface area contributed by atoms with E-state index in [9.17, 15) is 9.59 Å². The highest BCUT2D eigenvalue weighted by Crippen LogP contribution is 2.32. The van der Waals surface area contributed by atoms with Gasteiger partial charge >= 0.3 is 0 Å². The SMILES string of the molecule is C[C@@H](Nc1ccc2c(c1)NC(=O)[C@@H](C)O2)C(=O)N1CCOCC1. The number of amides is 2. The number of ether oxygens (including phenoxy) is 2. The van der Waals surface area contributed by atoms with Crippen molar-refractivity contribution in [3.05, 3.63) is 18.2 Å². The van der Waals surface area contributed by atoms with Gasteiger partial charge in [0.25, 0.3) is 5.91 Å². The molecule has 0 aliphatic carbocycles. The highest BCUT2D eigenvalue weighted by molar-refractivity contribution is 5.98. The van der Waals surface area contributed by atoms with Crippen LogP contribution in [-0.2, 0) is 14.3 Å². The van der Waals surface area contributed by atoms with Crippen LogP contribution in [-0.4, -0.2) is 55.2 Å². The molecule has 2 aliphatic heterocycles. The largest absolute Gasteiger partial charge is 0.479 e. The molecule has 0 radical (unpaired) electrons. The zero-order valence-corrected chi connectivity index (χ0v) is 13.3. The predicted molar refractivity (Wildman–Crippen MR) is 85.6 cm³/mol. The molecule has 7 heteroatoms. The first-order valence-electron chi connectivity index (χ1n) is 7.79. The topological polar surface area (TPSA) is 79.9 Å². The fourth-order valence-corrected chi connectivity index (χ4v) is 2.67. The molecule has 1 saturated heterocycles. The summed E-state index contributed by atoms with van der Waals surface area (Å²) < 4.78 is 10.8. The van der Waals surface area contributed by atoms with Crippen molar-refractivity contribution in [2.75, 3.05) is 36.9 Å². The summed E-state index contributed by atoms with van der Waals surface area (Å²) in [6, 6.07) is 5.05. The molecule has 0 spiro atoms. The predicted octanol–water partition coefficient (Wildman–Crippen LogP) is 1.07. The maximum Gasteiger partial charge on any atom is 0.265 e. The lowest BCUT2D eigenvalue weighted by Crippen LogP contribution is -2.47. The van der Waals surface area contributed by atoms with Gasteiger partial charge in [-0.3, -0.25) is 9.59 Å². The lowest BCUT2D eigenvalue weighted by atomic mass is 10.2. The second-order valence-electron chi connectivity index (χ2n) is 5.76. The molecule has 1 aromatic rings. The molecule has 3 rings (SSSR count). The number of nitrogens with zero attached hydrogens (tertiary/aromatic N) is 1. The normalized spacial score (nSPS) is 21.7. The number of fused-ring (bicyclic) bond motifs is 1. The minimum atomic E-state index is -0.497. The summed E-state index contributed by atoms with van der Waals surface area (Å²) in [7, 11) is 0. The van der Waals surface area contributed by atoms with E-state index >= 15 is 0 Å². The summed E-state index contributed by atoms with van der Waals surface area (Å²) in [4.78, 5) is 25.9. The molecule has 124 valence electrons. The van der Waals surface area contributed by atoms with Crippen LogP contribution in [0.25, 0.3) is 0 Å². The quantitative estimate of drug-likeness (QED) is 0.871. The lowest BCUT2D eigenvalue weighted by molar-refractivity contribution is -0.135. The first-order chi connectivity index (χ1) is 11.0. The summed E-state index contributed by atoms with van der Waals surface area (Å²) in [6.45, 7) is 5.94. The Morgan fingerprint density at radius 1 is 1.39 bits per heavy atom. The highest BCUT2D eigenvalue weighted by Gasteiger charge is 2.25. The van der Waals surface area contributed by atoms with E-state index in [2.05, 4.69) is 10.6 Å². The van der Waals surface area contributed by atoms with Gasteiger partial charge in [0.05, 0.1) is 18.9 Å². The number of benzene rings is 1. The van der Waals surface area contributed by atoms with E-state index in [4.69, 9.17) is 9.47 Å². The van der Waals surface area contributed by atoms with Crippen molar-refractivity contribution in [1.29, 1.82) is 0 Å². The van der Waals surface area contributed by atoms with Gasteiger partial charge in [0.2, 0.25) is 5.91 Å². The maximum atomic E-state index is 12.4. The van der Waals surface area contributed by atoms with Gasteiger partial charge in [-0.2, -0.15) is 0 Å². The molecule has 2 heterocycles. The van der Waals surface area contributed by atoms with Crippen LogP contribution < -0.4 is 15.4 Å². The van der Waals surface area contributed by atoms with Gasteiger partial charge < -0.3 is 25.0 Å². The Labute approximate surface area is 134 Å². The van der Waals surface area contributed by atoms with Gasteiger partial charge in [0.15, 0.2) is 6.10 Å². The van der Waals surface area contributed by atoms with Crippen LogP contribution in [0.2, 0.25) is 0 Å². The van der Waals surface area contributed by atoms with Crippen LogP contribution >= 0.6 is 0 Å². The first kappa shape index (κ1) is 15.6. The Balaban J connectivity index is 1.67.